The van der Waals surface area contributed by atoms with Crippen molar-refractivity contribution in [3.8, 4) is 0 Å². The molecular formula is C14H17BrFNO3. The fraction of sp³-hybridized carbons (Fsp3) is 0.429. The molecule has 0 saturated heterocycles. The molecule has 0 atom stereocenters. The molecule has 0 saturated carbocycles. The molecule has 0 heterocycles. The van der Waals surface area contributed by atoms with Crippen molar-refractivity contribution >= 4 is 27.8 Å². The van der Waals surface area contributed by atoms with E-state index in [0.29, 0.717) is 12.8 Å². The van der Waals surface area contributed by atoms with Crippen LogP contribution in [-0.4, -0.2) is 23.5 Å². The first-order valence-electron chi connectivity index (χ1n) is 6.33. The summed E-state index contributed by atoms with van der Waals surface area (Å²) in [7, 11) is 0. The van der Waals surface area contributed by atoms with Gasteiger partial charge in [0.1, 0.15) is 5.82 Å². The summed E-state index contributed by atoms with van der Waals surface area (Å²) in [6, 6.07) is 4.40. The number of carbonyl (C=O) groups excluding carboxylic acids is 1. The molecule has 0 aromatic heterocycles. The topological polar surface area (TPSA) is 66.4 Å². The van der Waals surface area contributed by atoms with Gasteiger partial charge in [0.25, 0.3) is 5.91 Å². The highest BCUT2D eigenvalue weighted by molar-refractivity contribution is 9.10. The average Bonchev–Trinajstić information content (AvgIpc) is 2.43. The highest BCUT2D eigenvalue weighted by Crippen LogP contribution is 2.26. The minimum Gasteiger partial charge on any atom is -0.481 e. The Morgan fingerprint density at radius 1 is 1.35 bits per heavy atom. The summed E-state index contributed by atoms with van der Waals surface area (Å²) in [6.07, 6.45) is 0.778. The quantitative estimate of drug-likeness (QED) is 0.831. The minimum atomic E-state index is -1.02. The Balaban J connectivity index is 2.86. The van der Waals surface area contributed by atoms with Crippen molar-refractivity contribution in [2.45, 2.75) is 26.7 Å². The van der Waals surface area contributed by atoms with Crippen LogP contribution in [0.25, 0.3) is 0 Å². The van der Waals surface area contributed by atoms with Crippen LogP contribution in [0.2, 0.25) is 0 Å². The lowest BCUT2D eigenvalue weighted by atomic mass is 9.82. The summed E-state index contributed by atoms with van der Waals surface area (Å²) in [4.78, 5) is 23.3. The first-order chi connectivity index (χ1) is 9.38. The lowest BCUT2D eigenvalue weighted by molar-refractivity contribution is -0.149. The van der Waals surface area contributed by atoms with E-state index in [9.17, 15) is 19.1 Å². The second kappa shape index (κ2) is 6.83. The van der Waals surface area contributed by atoms with Gasteiger partial charge in [-0.3, -0.25) is 9.59 Å². The summed E-state index contributed by atoms with van der Waals surface area (Å²) in [5.41, 5.74) is -1.12. The summed E-state index contributed by atoms with van der Waals surface area (Å²) in [5, 5.41) is 11.8. The maximum atomic E-state index is 13.8. The predicted molar refractivity (Wildman–Crippen MR) is 77.1 cm³/mol. The molecule has 0 bridgehead atoms. The van der Waals surface area contributed by atoms with E-state index in [4.69, 9.17) is 0 Å². The number of carboxylic acid groups (broad SMARTS) is 1. The van der Waals surface area contributed by atoms with Gasteiger partial charge in [-0.15, -0.1) is 0 Å². The first kappa shape index (κ1) is 16.6. The van der Waals surface area contributed by atoms with Crippen LogP contribution in [0.5, 0.6) is 0 Å². The maximum absolute atomic E-state index is 13.8. The lowest BCUT2D eigenvalue weighted by Crippen LogP contribution is -2.42. The van der Waals surface area contributed by atoms with E-state index in [-0.39, 0.29) is 16.6 Å². The van der Waals surface area contributed by atoms with Gasteiger partial charge in [-0.1, -0.05) is 19.9 Å². The number of hydrogen-bond donors (Lipinski definition) is 2. The Hall–Kier alpha value is -1.43. The van der Waals surface area contributed by atoms with Gasteiger partial charge >= 0.3 is 5.97 Å². The number of amides is 1. The third-order valence-electron chi connectivity index (χ3n) is 3.59. The van der Waals surface area contributed by atoms with Crippen molar-refractivity contribution in [1.82, 2.24) is 5.32 Å². The number of halogens is 2. The molecule has 1 aromatic rings. The van der Waals surface area contributed by atoms with Gasteiger partial charge in [0.15, 0.2) is 0 Å². The molecule has 2 N–H and O–H groups in total. The molecule has 0 aliphatic rings. The molecule has 1 amide bonds. The molecule has 0 unspecified atom stereocenters. The Labute approximate surface area is 125 Å². The van der Waals surface area contributed by atoms with Gasteiger partial charge in [-0.05, 0) is 40.9 Å². The molecule has 4 nitrogen and oxygen atoms in total. The van der Waals surface area contributed by atoms with Gasteiger partial charge < -0.3 is 10.4 Å². The Morgan fingerprint density at radius 2 is 1.95 bits per heavy atom. The molecule has 0 radical (unpaired) electrons. The van der Waals surface area contributed by atoms with E-state index in [2.05, 4.69) is 21.2 Å². The summed E-state index contributed by atoms with van der Waals surface area (Å²) >= 11 is 3.01. The molecule has 20 heavy (non-hydrogen) atoms. The van der Waals surface area contributed by atoms with Crippen LogP contribution >= 0.6 is 15.9 Å². The van der Waals surface area contributed by atoms with Crippen molar-refractivity contribution in [2.24, 2.45) is 5.41 Å². The van der Waals surface area contributed by atoms with Crippen LogP contribution in [0, 0.1) is 11.2 Å². The zero-order chi connectivity index (χ0) is 15.3. The maximum Gasteiger partial charge on any atom is 0.311 e. The van der Waals surface area contributed by atoms with Crippen LogP contribution in [0.3, 0.4) is 0 Å². The number of hydrogen-bond acceptors (Lipinski definition) is 2. The number of nitrogens with one attached hydrogen (secondary N) is 1. The molecule has 1 aromatic carbocycles. The first-order valence-corrected chi connectivity index (χ1v) is 7.13. The van der Waals surface area contributed by atoms with Crippen molar-refractivity contribution < 1.29 is 19.1 Å². The molecule has 0 aliphatic carbocycles. The number of aliphatic carboxylic acids is 1. The van der Waals surface area contributed by atoms with Crippen LogP contribution in [-0.2, 0) is 4.79 Å². The predicted octanol–water partition coefficient (Wildman–Crippen LogP) is 3.21. The fourth-order valence-corrected chi connectivity index (χ4v) is 2.27. The number of rotatable bonds is 6. The van der Waals surface area contributed by atoms with Crippen LogP contribution < -0.4 is 5.32 Å². The van der Waals surface area contributed by atoms with Gasteiger partial charge in [-0.25, -0.2) is 4.39 Å². The van der Waals surface area contributed by atoms with Crippen molar-refractivity contribution in [3.63, 3.8) is 0 Å². The van der Waals surface area contributed by atoms with E-state index in [1.807, 2.05) is 0 Å². The molecule has 110 valence electrons. The van der Waals surface area contributed by atoms with Gasteiger partial charge in [0, 0.05) is 6.54 Å². The minimum absolute atomic E-state index is 0.0277. The SMILES string of the molecule is CCC(CC)(CNC(=O)c1cccc(Br)c1F)C(=O)O. The Kier molecular flexibility index (Phi) is 5.68. The average molecular weight is 346 g/mol. The molecule has 1 rings (SSSR count). The Bertz CT molecular complexity index is 515. The van der Waals surface area contributed by atoms with E-state index < -0.39 is 23.1 Å². The van der Waals surface area contributed by atoms with Crippen molar-refractivity contribution in [3.05, 3.63) is 34.1 Å². The standard InChI is InChI=1S/C14H17BrFNO3/c1-3-14(4-2,13(19)20)8-17-12(18)9-6-5-7-10(15)11(9)16/h5-7H,3-4,8H2,1-2H3,(H,17,18)(H,19,20). The number of carboxylic acids is 1. The van der Waals surface area contributed by atoms with Gasteiger partial charge in [0.2, 0.25) is 0 Å². The van der Waals surface area contributed by atoms with E-state index in [0.717, 1.165) is 0 Å². The van der Waals surface area contributed by atoms with E-state index in [1.54, 1.807) is 19.9 Å². The largest absolute Gasteiger partial charge is 0.481 e. The van der Waals surface area contributed by atoms with Crippen LogP contribution in [0.4, 0.5) is 4.39 Å². The normalized spacial score (nSPS) is 11.2. The molecule has 6 heteroatoms. The van der Waals surface area contributed by atoms with Crippen molar-refractivity contribution in [2.75, 3.05) is 6.54 Å². The highest BCUT2D eigenvalue weighted by atomic mass is 79.9. The third kappa shape index (κ3) is 3.36. The summed E-state index contributed by atoms with van der Waals surface area (Å²) in [6.45, 7) is 3.48. The monoisotopic (exact) mass is 345 g/mol. The van der Waals surface area contributed by atoms with Gasteiger partial charge in [0.05, 0.1) is 15.5 Å². The molecule has 0 aliphatic heterocycles. The zero-order valence-electron chi connectivity index (χ0n) is 11.4. The smallest absolute Gasteiger partial charge is 0.311 e. The zero-order valence-corrected chi connectivity index (χ0v) is 13.0. The van der Waals surface area contributed by atoms with Crippen LogP contribution in [0.15, 0.2) is 22.7 Å². The second-order valence-corrected chi connectivity index (χ2v) is 5.43. The van der Waals surface area contributed by atoms with Crippen molar-refractivity contribution in [1.29, 1.82) is 0 Å². The molecular weight excluding hydrogens is 329 g/mol. The number of benzene rings is 1. The van der Waals surface area contributed by atoms with Crippen LogP contribution in [0.1, 0.15) is 37.0 Å². The third-order valence-corrected chi connectivity index (χ3v) is 4.20. The van der Waals surface area contributed by atoms with E-state index in [1.165, 1.54) is 12.1 Å². The second-order valence-electron chi connectivity index (χ2n) is 4.58. The molecule has 0 spiro atoms. The summed E-state index contributed by atoms with van der Waals surface area (Å²) < 4.78 is 14.0. The van der Waals surface area contributed by atoms with E-state index >= 15 is 0 Å². The number of carbonyl (C=O) groups is 2. The molecule has 0 fully saturated rings. The lowest BCUT2D eigenvalue weighted by Gasteiger charge is -2.26. The Morgan fingerprint density at radius 3 is 2.45 bits per heavy atom. The highest BCUT2D eigenvalue weighted by Gasteiger charge is 2.35. The summed E-state index contributed by atoms with van der Waals surface area (Å²) in [5.74, 6) is -2.23. The van der Waals surface area contributed by atoms with Gasteiger partial charge in [-0.2, -0.15) is 0 Å². The fourth-order valence-electron chi connectivity index (χ4n) is 1.90.